The fourth-order valence-electron chi connectivity index (χ4n) is 1.25. The van der Waals surface area contributed by atoms with Crippen LogP contribution in [0.3, 0.4) is 0 Å². The molecule has 2 rings (SSSR count). The summed E-state index contributed by atoms with van der Waals surface area (Å²) in [7, 11) is 1.94. The molecule has 2 aromatic rings. The molecule has 0 bridgehead atoms. The number of rotatable bonds is 2. The van der Waals surface area contributed by atoms with E-state index in [2.05, 4.69) is 10.2 Å². The molecule has 0 radical (unpaired) electrons. The van der Waals surface area contributed by atoms with Crippen LogP contribution in [0.4, 0.5) is 0 Å². The molecule has 14 heavy (non-hydrogen) atoms. The number of benzene rings is 1. The van der Waals surface area contributed by atoms with Crippen molar-refractivity contribution in [1.82, 2.24) is 14.8 Å². The molecule has 0 aliphatic rings. The lowest BCUT2D eigenvalue weighted by atomic mass is 10.1. The molecule has 1 heterocycles. The van der Waals surface area contributed by atoms with Gasteiger partial charge in [-0.15, -0.1) is 10.2 Å². The number of hydrogen-bond acceptors (Lipinski definition) is 2. The van der Waals surface area contributed by atoms with Crippen LogP contribution >= 0.6 is 11.6 Å². The van der Waals surface area contributed by atoms with Crippen LogP contribution in [0.25, 0.3) is 0 Å². The minimum Gasteiger partial charge on any atom is -0.320 e. The van der Waals surface area contributed by atoms with Gasteiger partial charge in [0.25, 0.3) is 0 Å². The number of hydrogen-bond donors (Lipinski definition) is 0. The number of nitrogens with zero attached hydrogens (tertiary/aromatic N) is 3. The van der Waals surface area contributed by atoms with E-state index in [0.717, 1.165) is 17.3 Å². The normalized spacial score (nSPS) is 10.4. The van der Waals surface area contributed by atoms with Crippen LogP contribution in [0.15, 0.2) is 30.6 Å². The summed E-state index contributed by atoms with van der Waals surface area (Å²) in [6.07, 6.45) is 2.49. The summed E-state index contributed by atoms with van der Waals surface area (Å²) in [5, 5.41) is 8.59. The molecule has 0 spiro atoms. The van der Waals surface area contributed by atoms with Crippen molar-refractivity contribution in [3.63, 3.8) is 0 Å². The SMILES string of the molecule is Cn1cnnc1Cc1ccc(Cl)cc1. The van der Waals surface area contributed by atoms with Crippen molar-refractivity contribution >= 4 is 11.6 Å². The van der Waals surface area contributed by atoms with Gasteiger partial charge in [-0.2, -0.15) is 0 Å². The monoisotopic (exact) mass is 207 g/mol. The summed E-state index contributed by atoms with van der Waals surface area (Å²) in [5.74, 6) is 0.951. The Morgan fingerprint density at radius 1 is 1.29 bits per heavy atom. The van der Waals surface area contributed by atoms with E-state index in [9.17, 15) is 0 Å². The Bertz CT molecular complexity index is 419. The van der Waals surface area contributed by atoms with E-state index < -0.39 is 0 Å². The fourth-order valence-corrected chi connectivity index (χ4v) is 1.38. The zero-order chi connectivity index (χ0) is 9.97. The standard InChI is InChI=1S/C10H10ClN3/c1-14-7-12-13-10(14)6-8-2-4-9(11)5-3-8/h2-5,7H,6H2,1H3. The summed E-state index contributed by atoms with van der Waals surface area (Å²) in [5.41, 5.74) is 1.19. The molecule has 1 aromatic heterocycles. The van der Waals surface area contributed by atoms with Crippen molar-refractivity contribution in [2.24, 2.45) is 7.05 Å². The third kappa shape index (κ3) is 1.93. The first-order valence-corrected chi connectivity index (χ1v) is 4.71. The molecule has 0 unspecified atom stereocenters. The van der Waals surface area contributed by atoms with Gasteiger partial charge in [0.2, 0.25) is 0 Å². The summed E-state index contributed by atoms with van der Waals surface area (Å²) in [6, 6.07) is 7.76. The zero-order valence-corrected chi connectivity index (χ0v) is 8.57. The Morgan fingerprint density at radius 3 is 2.57 bits per heavy atom. The second-order valence-corrected chi connectivity index (χ2v) is 3.60. The summed E-state index contributed by atoms with van der Waals surface area (Å²) in [6.45, 7) is 0. The quantitative estimate of drug-likeness (QED) is 0.755. The van der Waals surface area contributed by atoms with Gasteiger partial charge < -0.3 is 4.57 Å². The predicted octanol–water partition coefficient (Wildman–Crippen LogP) is 2.06. The molecule has 0 N–H and O–H groups in total. The first kappa shape index (κ1) is 9.21. The maximum absolute atomic E-state index is 5.79. The van der Waals surface area contributed by atoms with Gasteiger partial charge >= 0.3 is 0 Å². The predicted molar refractivity (Wildman–Crippen MR) is 55.3 cm³/mol. The molecule has 0 saturated carbocycles. The van der Waals surface area contributed by atoms with Gasteiger partial charge in [-0.3, -0.25) is 0 Å². The molecule has 0 saturated heterocycles. The van der Waals surface area contributed by atoms with Gasteiger partial charge in [0, 0.05) is 18.5 Å². The van der Waals surface area contributed by atoms with Crippen LogP contribution in [-0.2, 0) is 13.5 Å². The highest BCUT2D eigenvalue weighted by Gasteiger charge is 2.01. The van der Waals surface area contributed by atoms with Crippen LogP contribution in [-0.4, -0.2) is 14.8 Å². The maximum atomic E-state index is 5.79. The molecule has 1 aromatic carbocycles. The van der Waals surface area contributed by atoms with Gasteiger partial charge in [-0.1, -0.05) is 23.7 Å². The van der Waals surface area contributed by atoms with Crippen LogP contribution in [0.5, 0.6) is 0 Å². The number of halogens is 1. The Labute approximate surface area is 87.3 Å². The zero-order valence-electron chi connectivity index (χ0n) is 7.81. The minimum absolute atomic E-state index is 0.756. The van der Waals surface area contributed by atoms with Crippen molar-refractivity contribution in [3.8, 4) is 0 Å². The molecule has 0 atom stereocenters. The number of aryl methyl sites for hydroxylation is 1. The van der Waals surface area contributed by atoms with E-state index >= 15 is 0 Å². The largest absolute Gasteiger partial charge is 0.320 e. The Kier molecular flexibility index (Phi) is 2.50. The summed E-state index contributed by atoms with van der Waals surface area (Å²) in [4.78, 5) is 0. The van der Waals surface area contributed by atoms with Crippen LogP contribution in [0, 0.1) is 0 Å². The van der Waals surface area contributed by atoms with Gasteiger partial charge in [0.05, 0.1) is 0 Å². The van der Waals surface area contributed by atoms with Gasteiger partial charge in [0.1, 0.15) is 12.2 Å². The fraction of sp³-hybridized carbons (Fsp3) is 0.200. The highest BCUT2D eigenvalue weighted by Crippen LogP contribution is 2.11. The smallest absolute Gasteiger partial charge is 0.136 e. The van der Waals surface area contributed by atoms with Crippen molar-refractivity contribution < 1.29 is 0 Å². The van der Waals surface area contributed by atoms with Gasteiger partial charge in [-0.25, -0.2) is 0 Å². The van der Waals surface area contributed by atoms with Crippen molar-refractivity contribution in [2.45, 2.75) is 6.42 Å². The average molecular weight is 208 g/mol. The molecular formula is C10H10ClN3. The molecule has 72 valence electrons. The lowest BCUT2D eigenvalue weighted by Gasteiger charge is -2.00. The third-order valence-corrected chi connectivity index (χ3v) is 2.33. The third-order valence-electron chi connectivity index (χ3n) is 2.08. The Balaban J connectivity index is 2.19. The van der Waals surface area contributed by atoms with Crippen LogP contribution in [0.2, 0.25) is 5.02 Å². The van der Waals surface area contributed by atoms with E-state index in [1.807, 2.05) is 35.9 Å². The molecule has 0 fully saturated rings. The average Bonchev–Trinajstić information content (AvgIpc) is 2.56. The first-order chi connectivity index (χ1) is 6.75. The van der Waals surface area contributed by atoms with Crippen molar-refractivity contribution in [1.29, 1.82) is 0 Å². The van der Waals surface area contributed by atoms with Crippen molar-refractivity contribution in [3.05, 3.63) is 47.0 Å². The van der Waals surface area contributed by atoms with E-state index in [-0.39, 0.29) is 0 Å². The molecule has 3 nitrogen and oxygen atoms in total. The number of aromatic nitrogens is 3. The molecule has 0 aliphatic heterocycles. The summed E-state index contributed by atoms with van der Waals surface area (Å²) >= 11 is 5.79. The highest BCUT2D eigenvalue weighted by molar-refractivity contribution is 6.30. The Morgan fingerprint density at radius 2 is 2.00 bits per heavy atom. The highest BCUT2D eigenvalue weighted by atomic mass is 35.5. The van der Waals surface area contributed by atoms with E-state index in [1.54, 1.807) is 6.33 Å². The lowest BCUT2D eigenvalue weighted by molar-refractivity contribution is 0.821. The Hall–Kier alpha value is -1.35. The molecule has 0 amide bonds. The second-order valence-electron chi connectivity index (χ2n) is 3.16. The maximum Gasteiger partial charge on any atom is 0.136 e. The van der Waals surface area contributed by atoms with Crippen LogP contribution < -0.4 is 0 Å². The lowest BCUT2D eigenvalue weighted by Crippen LogP contribution is -1.98. The molecule has 4 heteroatoms. The van der Waals surface area contributed by atoms with Crippen LogP contribution in [0.1, 0.15) is 11.4 Å². The molecule has 0 aliphatic carbocycles. The van der Waals surface area contributed by atoms with E-state index in [4.69, 9.17) is 11.6 Å². The van der Waals surface area contributed by atoms with Gasteiger partial charge in [0.15, 0.2) is 0 Å². The van der Waals surface area contributed by atoms with Gasteiger partial charge in [-0.05, 0) is 17.7 Å². The molecular weight excluding hydrogens is 198 g/mol. The second kappa shape index (κ2) is 3.80. The topological polar surface area (TPSA) is 30.7 Å². The van der Waals surface area contributed by atoms with E-state index in [0.29, 0.717) is 0 Å². The summed E-state index contributed by atoms with van der Waals surface area (Å²) < 4.78 is 1.91. The van der Waals surface area contributed by atoms with E-state index in [1.165, 1.54) is 5.56 Å². The van der Waals surface area contributed by atoms with Crippen molar-refractivity contribution in [2.75, 3.05) is 0 Å². The first-order valence-electron chi connectivity index (χ1n) is 4.33. The minimum atomic E-state index is 0.756.